The smallest absolute Gasteiger partial charge is 0.182 e. The van der Waals surface area contributed by atoms with Crippen LogP contribution in [0.5, 0.6) is 0 Å². The first-order chi connectivity index (χ1) is 18.8. The van der Waals surface area contributed by atoms with Crippen molar-refractivity contribution in [1.29, 1.82) is 0 Å². The van der Waals surface area contributed by atoms with E-state index in [1.54, 1.807) is 0 Å². The summed E-state index contributed by atoms with van der Waals surface area (Å²) < 4.78 is 8.24. The third kappa shape index (κ3) is 2.52. The van der Waals surface area contributed by atoms with Gasteiger partial charge in [0, 0.05) is 32.7 Å². The largest absolute Gasteiger partial charge is 0.443 e. The van der Waals surface area contributed by atoms with E-state index in [9.17, 15) is 0 Å². The molecule has 0 aliphatic carbocycles. The highest BCUT2D eigenvalue weighted by molar-refractivity contribution is 6.30. The zero-order valence-electron chi connectivity index (χ0n) is 20.1. The number of para-hydroxylation sites is 2. The van der Waals surface area contributed by atoms with Gasteiger partial charge in [-0.2, -0.15) is 0 Å². The third-order valence-electron chi connectivity index (χ3n) is 7.67. The Morgan fingerprint density at radius 3 is 2.29 bits per heavy atom. The average Bonchev–Trinajstić information content (AvgIpc) is 3.67. The van der Waals surface area contributed by atoms with Crippen molar-refractivity contribution < 1.29 is 4.42 Å². The summed E-state index contributed by atoms with van der Waals surface area (Å²) in [6, 6.07) is 35.7. The lowest BCUT2D eigenvalue weighted by atomic mass is 10.0. The van der Waals surface area contributed by atoms with Crippen molar-refractivity contribution in [3.63, 3.8) is 0 Å². The van der Waals surface area contributed by atoms with Gasteiger partial charge in [0.05, 0.1) is 33.1 Å². The van der Waals surface area contributed by atoms with Crippen molar-refractivity contribution >= 4 is 60.1 Å². The number of aromatic nitrogens is 4. The highest BCUT2D eigenvalue weighted by Crippen LogP contribution is 2.43. The standard InChI is InChI=1S/C33H18N4O/c1-2-8-19(9-3-1)33-35-25-12-6-4-10-21(25)30(36-33)20-14-15-28-23(16-20)24-17-26-32(38-18-34-26)29-22-11-5-7-13-27(22)37(28)31(24)29/h1-18H. The van der Waals surface area contributed by atoms with Crippen molar-refractivity contribution in [3.05, 3.63) is 110 Å². The van der Waals surface area contributed by atoms with Gasteiger partial charge in [-0.05, 0) is 30.3 Å². The molecular formula is C33H18N4O. The molecule has 0 saturated carbocycles. The van der Waals surface area contributed by atoms with Crippen LogP contribution < -0.4 is 0 Å². The molecule has 0 aliphatic heterocycles. The second-order valence-electron chi connectivity index (χ2n) is 9.71. The second-order valence-corrected chi connectivity index (χ2v) is 9.71. The maximum absolute atomic E-state index is 5.89. The maximum Gasteiger partial charge on any atom is 0.182 e. The van der Waals surface area contributed by atoms with Crippen LogP contribution in [0.1, 0.15) is 0 Å². The van der Waals surface area contributed by atoms with Crippen molar-refractivity contribution in [2.45, 2.75) is 0 Å². The summed E-state index contributed by atoms with van der Waals surface area (Å²) in [5.74, 6) is 0.725. The van der Waals surface area contributed by atoms with Gasteiger partial charge in [-0.25, -0.2) is 15.0 Å². The lowest BCUT2D eigenvalue weighted by molar-refractivity contribution is 0.605. The molecule has 0 radical (unpaired) electrons. The van der Waals surface area contributed by atoms with Gasteiger partial charge in [0.2, 0.25) is 0 Å². The molecule has 38 heavy (non-hydrogen) atoms. The Morgan fingerprint density at radius 2 is 1.37 bits per heavy atom. The quantitative estimate of drug-likeness (QED) is 0.247. The topological polar surface area (TPSA) is 56.2 Å². The summed E-state index contributed by atoms with van der Waals surface area (Å²) in [6.07, 6.45) is 1.54. The second kappa shape index (κ2) is 7.14. The molecule has 0 unspecified atom stereocenters. The molecule has 0 aliphatic rings. The molecule has 0 spiro atoms. The lowest BCUT2D eigenvalue weighted by Gasteiger charge is -2.10. The van der Waals surface area contributed by atoms with E-state index in [4.69, 9.17) is 14.4 Å². The summed E-state index contributed by atoms with van der Waals surface area (Å²) in [6.45, 7) is 0. The molecule has 0 atom stereocenters. The van der Waals surface area contributed by atoms with E-state index in [-0.39, 0.29) is 0 Å². The Balaban J connectivity index is 1.40. The number of benzene rings is 5. The monoisotopic (exact) mass is 486 g/mol. The van der Waals surface area contributed by atoms with Gasteiger partial charge in [-0.15, -0.1) is 0 Å². The molecule has 0 N–H and O–H groups in total. The maximum atomic E-state index is 5.89. The Bertz CT molecular complexity index is 2350. The van der Waals surface area contributed by atoms with Crippen molar-refractivity contribution in [1.82, 2.24) is 19.4 Å². The van der Waals surface area contributed by atoms with Gasteiger partial charge in [-0.3, -0.25) is 0 Å². The van der Waals surface area contributed by atoms with Crippen LogP contribution in [-0.4, -0.2) is 19.4 Å². The summed E-state index contributed by atoms with van der Waals surface area (Å²) in [7, 11) is 0. The molecule has 0 fully saturated rings. The first-order valence-corrected chi connectivity index (χ1v) is 12.6. The SMILES string of the molecule is c1ccc(-c2nc(-c3ccc4c(c3)c3cc5ncoc5c5c6ccccc6n4c35)c3ccccc3n2)cc1. The molecule has 5 nitrogen and oxygen atoms in total. The normalized spacial score (nSPS) is 12.2. The van der Waals surface area contributed by atoms with E-state index in [1.165, 1.54) is 22.7 Å². The van der Waals surface area contributed by atoms with E-state index in [2.05, 4.69) is 82.2 Å². The molecule has 5 aromatic carbocycles. The fraction of sp³-hybridized carbons (Fsp3) is 0. The predicted molar refractivity (Wildman–Crippen MR) is 153 cm³/mol. The molecule has 9 aromatic rings. The summed E-state index contributed by atoms with van der Waals surface area (Å²) in [5, 5.41) is 5.66. The molecule has 0 saturated heterocycles. The van der Waals surface area contributed by atoms with Crippen LogP contribution >= 0.6 is 0 Å². The van der Waals surface area contributed by atoms with Crippen LogP contribution in [0.25, 0.3) is 82.7 Å². The molecule has 0 bridgehead atoms. The average molecular weight is 487 g/mol. The van der Waals surface area contributed by atoms with Crippen molar-refractivity contribution in [2.75, 3.05) is 0 Å². The number of hydrogen-bond acceptors (Lipinski definition) is 4. The molecule has 176 valence electrons. The van der Waals surface area contributed by atoms with E-state index < -0.39 is 0 Å². The number of nitrogens with zero attached hydrogens (tertiary/aromatic N) is 4. The van der Waals surface area contributed by atoms with Crippen LogP contribution in [0.3, 0.4) is 0 Å². The summed E-state index contributed by atoms with van der Waals surface area (Å²) in [4.78, 5) is 14.5. The Kier molecular flexibility index (Phi) is 3.73. The van der Waals surface area contributed by atoms with Crippen molar-refractivity contribution in [2.24, 2.45) is 0 Å². The third-order valence-corrected chi connectivity index (χ3v) is 7.67. The fourth-order valence-electron chi connectivity index (χ4n) is 6.04. The molecule has 5 heteroatoms. The Hall–Kier alpha value is -5.29. The van der Waals surface area contributed by atoms with Gasteiger partial charge in [0.15, 0.2) is 17.8 Å². The van der Waals surface area contributed by atoms with E-state index in [1.807, 2.05) is 30.3 Å². The molecule has 4 heterocycles. The first kappa shape index (κ1) is 19.8. The number of hydrogen-bond donors (Lipinski definition) is 0. The molecular weight excluding hydrogens is 468 g/mol. The van der Waals surface area contributed by atoms with E-state index >= 15 is 0 Å². The molecule has 9 rings (SSSR count). The highest BCUT2D eigenvalue weighted by Gasteiger charge is 2.22. The van der Waals surface area contributed by atoms with Crippen LogP contribution in [0, 0.1) is 0 Å². The van der Waals surface area contributed by atoms with E-state index in [0.29, 0.717) is 0 Å². The van der Waals surface area contributed by atoms with Crippen LogP contribution in [0.15, 0.2) is 114 Å². The highest BCUT2D eigenvalue weighted by atomic mass is 16.3. The molecule has 0 amide bonds. The molecule has 4 aromatic heterocycles. The van der Waals surface area contributed by atoms with Crippen LogP contribution in [0.4, 0.5) is 0 Å². The number of fused-ring (bicyclic) bond motifs is 9. The first-order valence-electron chi connectivity index (χ1n) is 12.6. The van der Waals surface area contributed by atoms with Gasteiger partial charge >= 0.3 is 0 Å². The van der Waals surface area contributed by atoms with Gasteiger partial charge in [0.25, 0.3) is 0 Å². The lowest BCUT2D eigenvalue weighted by Crippen LogP contribution is -1.95. The van der Waals surface area contributed by atoms with Crippen LogP contribution in [-0.2, 0) is 0 Å². The minimum Gasteiger partial charge on any atom is -0.443 e. The van der Waals surface area contributed by atoms with Gasteiger partial charge in [-0.1, -0.05) is 72.8 Å². The zero-order chi connectivity index (χ0) is 24.8. The fourth-order valence-corrected chi connectivity index (χ4v) is 6.04. The summed E-state index contributed by atoms with van der Waals surface area (Å²) >= 11 is 0. The van der Waals surface area contributed by atoms with Crippen molar-refractivity contribution in [3.8, 4) is 22.6 Å². The van der Waals surface area contributed by atoms with Crippen LogP contribution in [0.2, 0.25) is 0 Å². The van der Waals surface area contributed by atoms with Gasteiger partial charge < -0.3 is 8.82 Å². The summed E-state index contributed by atoms with van der Waals surface area (Å²) in [5.41, 5.74) is 9.11. The number of oxazole rings is 1. The zero-order valence-corrected chi connectivity index (χ0v) is 20.1. The predicted octanol–water partition coefficient (Wildman–Crippen LogP) is 8.26. The minimum absolute atomic E-state index is 0.725. The minimum atomic E-state index is 0.725. The van der Waals surface area contributed by atoms with Gasteiger partial charge in [0.1, 0.15) is 5.52 Å². The Labute approximate surface area is 216 Å². The van der Waals surface area contributed by atoms with E-state index in [0.717, 1.165) is 66.5 Å². The Morgan fingerprint density at radius 1 is 0.579 bits per heavy atom. The number of rotatable bonds is 2.